The van der Waals surface area contributed by atoms with Gasteiger partial charge in [-0.2, -0.15) is 0 Å². The van der Waals surface area contributed by atoms with E-state index in [1.165, 1.54) is 25.2 Å². The van der Waals surface area contributed by atoms with Crippen molar-refractivity contribution in [2.75, 3.05) is 32.2 Å². The highest BCUT2D eigenvalue weighted by atomic mass is 35.5. The third-order valence-corrected chi connectivity index (χ3v) is 2.24. The summed E-state index contributed by atoms with van der Waals surface area (Å²) in [4.78, 5) is 23.9. The van der Waals surface area contributed by atoms with E-state index in [0.29, 0.717) is 5.82 Å². The number of anilines is 1. The van der Waals surface area contributed by atoms with Crippen LogP contribution >= 0.6 is 11.6 Å². The van der Waals surface area contributed by atoms with Gasteiger partial charge in [0.15, 0.2) is 11.0 Å². The Balaban J connectivity index is 2.85. The summed E-state index contributed by atoms with van der Waals surface area (Å²) in [5.41, 5.74) is 0. The lowest BCUT2D eigenvalue weighted by Gasteiger charge is -2.20. The van der Waals surface area contributed by atoms with Gasteiger partial charge in [0.2, 0.25) is 0 Å². The molecule has 0 bridgehead atoms. The average molecular weight is 274 g/mol. The predicted octanol–water partition coefficient (Wildman–Crippen LogP) is 0.282. The summed E-state index contributed by atoms with van der Waals surface area (Å²) in [6, 6.07) is 3.05. The van der Waals surface area contributed by atoms with E-state index in [0.717, 1.165) is 0 Å². The van der Waals surface area contributed by atoms with E-state index in [1.807, 2.05) is 0 Å². The Morgan fingerprint density at radius 2 is 1.72 bits per heavy atom. The molecule has 18 heavy (non-hydrogen) atoms. The van der Waals surface area contributed by atoms with Gasteiger partial charge < -0.3 is 14.4 Å². The maximum atomic E-state index is 11.2. The minimum absolute atomic E-state index is 0.137. The van der Waals surface area contributed by atoms with Crippen molar-refractivity contribution in [2.45, 2.75) is 0 Å². The van der Waals surface area contributed by atoms with Crippen LogP contribution in [0.15, 0.2) is 12.1 Å². The molecule has 1 rings (SSSR count). The van der Waals surface area contributed by atoms with Crippen molar-refractivity contribution < 1.29 is 19.1 Å². The van der Waals surface area contributed by atoms with Crippen LogP contribution < -0.4 is 4.90 Å². The van der Waals surface area contributed by atoms with E-state index in [2.05, 4.69) is 19.7 Å². The summed E-state index contributed by atoms with van der Waals surface area (Å²) in [5.74, 6) is -0.679. The van der Waals surface area contributed by atoms with Crippen LogP contribution in [0.25, 0.3) is 0 Å². The van der Waals surface area contributed by atoms with Crippen molar-refractivity contribution in [3.8, 4) is 0 Å². The van der Waals surface area contributed by atoms with Crippen molar-refractivity contribution >= 4 is 29.4 Å². The fourth-order valence-electron chi connectivity index (χ4n) is 1.14. The molecule has 0 saturated carbocycles. The topological polar surface area (TPSA) is 81.6 Å². The zero-order valence-electron chi connectivity index (χ0n) is 9.92. The number of carbonyl (C=O) groups is 2. The van der Waals surface area contributed by atoms with Crippen molar-refractivity contribution in [2.24, 2.45) is 0 Å². The van der Waals surface area contributed by atoms with Crippen LogP contribution in [0, 0.1) is 0 Å². The predicted molar refractivity (Wildman–Crippen MR) is 63.3 cm³/mol. The van der Waals surface area contributed by atoms with E-state index >= 15 is 0 Å². The fourth-order valence-corrected chi connectivity index (χ4v) is 1.24. The Hall–Kier alpha value is -1.89. The van der Waals surface area contributed by atoms with Crippen molar-refractivity contribution in [3.63, 3.8) is 0 Å². The Labute approximate surface area is 109 Å². The number of hydrogen-bond donors (Lipinski definition) is 0. The molecule has 0 aromatic carbocycles. The van der Waals surface area contributed by atoms with Gasteiger partial charge in [-0.15, -0.1) is 10.2 Å². The number of methoxy groups -OCH3 is 2. The lowest BCUT2D eigenvalue weighted by atomic mass is 10.4. The van der Waals surface area contributed by atoms with Crippen molar-refractivity contribution in [1.82, 2.24) is 10.2 Å². The Kier molecular flexibility index (Phi) is 5.31. The first-order valence-corrected chi connectivity index (χ1v) is 5.32. The Morgan fingerprint density at radius 1 is 1.17 bits per heavy atom. The van der Waals surface area contributed by atoms with Crippen molar-refractivity contribution in [3.05, 3.63) is 17.3 Å². The molecule has 0 unspecified atom stereocenters. The smallest absolute Gasteiger partial charge is 0.325 e. The first-order valence-electron chi connectivity index (χ1n) is 4.94. The molecule has 7 nitrogen and oxygen atoms in total. The summed E-state index contributed by atoms with van der Waals surface area (Å²) >= 11 is 5.61. The second-order valence-corrected chi connectivity index (χ2v) is 3.61. The standard InChI is InChI=1S/C10H12ClN3O4/c1-17-9(15)5-14(6-10(16)18-2)8-4-3-7(11)12-13-8/h3-4H,5-6H2,1-2H3. The molecule has 0 aliphatic rings. The van der Waals surface area contributed by atoms with E-state index in [-0.39, 0.29) is 18.2 Å². The number of aromatic nitrogens is 2. The summed E-state index contributed by atoms with van der Waals surface area (Å²) in [7, 11) is 2.51. The zero-order valence-corrected chi connectivity index (χ0v) is 10.7. The van der Waals surface area contributed by atoms with Gasteiger partial charge in [0.25, 0.3) is 0 Å². The van der Waals surface area contributed by atoms with Crippen LogP contribution in [0.2, 0.25) is 5.15 Å². The van der Waals surface area contributed by atoms with Gasteiger partial charge >= 0.3 is 11.9 Å². The molecule has 1 heterocycles. The summed E-state index contributed by atoms with van der Waals surface area (Å²) in [5, 5.41) is 7.63. The summed E-state index contributed by atoms with van der Waals surface area (Å²) in [6.07, 6.45) is 0. The molecule has 0 N–H and O–H groups in total. The van der Waals surface area contributed by atoms with E-state index < -0.39 is 11.9 Å². The minimum atomic E-state index is -0.504. The fraction of sp³-hybridized carbons (Fsp3) is 0.400. The lowest BCUT2D eigenvalue weighted by molar-refractivity contribution is -0.140. The highest BCUT2D eigenvalue weighted by Crippen LogP contribution is 2.11. The molecular formula is C10H12ClN3O4. The summed E-state index contributed by atoms with van der Waals surface area (Å²) in [6.45, 7) is -0.274. The number of halogens is 1. The van der Waals surface area contributed by atoms with Crippen LogP contribution in [-0.2, 0) is 19.1 Å². The van der Waals surface area contributed by atoms with E-state index in [1.54, 1.807) is 6.07 Å². The maximum absolute atomic E-state index is 11.2. The molecule has 0 atom stereocenters. The second kappa shape index (κ2) is 6.75. The van der Waals surface area contributed by atoms with Gasteiger partial charge in [-0.25, -0.2) is 0 Å². The van der Waals surface area contributed by atoms with Crippen LogP contribution in [0.3, 0.4) is 0 Å². The quantitative estimate of drug-likeness (QED) is 0.713. The highest BCUT2D eigenvalue weighted by molar-refractivity contribution is 6.29. The molecule has 0 fully saturated rings. The van der Waals surface area contributed by atoms with Gasteiger partial charge in [-0.05, 0) is 12.1 Å². The maximum Gasteiger partial charge on any atom is 0.325 e. The largest absolute Gasteiger partial charge is 0.468 e. The zero-order chi connectivity index (χ0) is 13.5. The highest BCUT2D eigenvalue weighted by Gasteiger charge is 2.17. The van der Waals surface area contributed by atoms with Crippen LogP contribution in [-0.4, -0.2) is 49.4 Å². The van der Waals surface area contributed by atoms with Gasteiger partial charge in [-0.3, -0.25) is 9.59 Å². The third kappa shape index (κ3) is 4.17. The van der Waals surface area contributed by atoms with Gasteiger partial charge in [-0.1, -0.05) is 11.6 Å². The number of esters is 2. The molecule has 1 aromatic heterocycles. The third-order valence-electron chi connectivity index (χ3n) is 2.04. The second-order valence-electron chi connectivity index (χ2n) is 3.22. The van der Waals surface area contributed by atoms with Crippen LogP contribution in [0.1, 0.15) is 0 Å². The number of carbonyl (C=O) groups excluding carboxylic acids is 2. The number of hydrogen-bond acceptors (Lipinski definition) is 7. The molecular weight excluding hydrogens is 262 g/mol. The van der Waals surface area contributed by atoms with Crippen LogP contribution in [0.4, 0.5) is 5.82 Å². The Bertz CT molecular complexity index is 406. The molecule has 0 saturated heterocycles. The Morgan fingerprint density at radius 3 is 2.11 bits per heavy atom. The molecule has 0 aliphatic carbocycles. The number of ether oxygens (including phenoxy) is 2. The number of rotatable bonds is 5. The SMILES string of the molecule is COC(=O)CN(CC(=O)OC)c1ccc(Cl)nn1. The normalized spacial score (nSPS) is 9.72. The van der Waals surface area contributed by atoms with E-state index in [9.17, 15) is 9.59 Å². The van der Waals surface area contributed by atoms with Gasteiger partial charge in [0.1, 0.15) is 13.1 Å². The molecule has 98 valence electrons. The molecule has 0 amide bonds. The average Bonchev–Trinajstić information content (AvgIpc) is 2.38. The van der Waals surface area contributed by atoms with Gasteiger partial charge in [0, 0.05) is 0 Å². The molecule has 1 aromatic rings. The molecule has 0 radical (unpaired) electrons. The minimum Gasteiger partial charge on any atom is -0.468 e. The first-order chi connectivity index (χ1) is 8.56. The molecule has 0 spiro atoms. The molecule has 8 heteroatoms. The molecule has 0 aliphatic heterocycles. The van der Waals surface area contributed by atoms with Crippen molar-refractivity contribution in [1.29, 1.82) is 0 Å². The number of nitrogens with zero attached hydrogens (tertiary/aromatic N) is 3. The summed E-state index contributed by atoms with van der Waals surface area (Å²) < 4.78 is 9.07. The van der Waals surface area contributed by atoms with Gasteiger partial charge in [0.05, 0.1) is 14.2 Å². The lowest BCUT2D eigenvalue weighted by Crippen LogP contribution is -2.36. The first kappa shape index (κ1) is 14.2. The van der Waals surface area contributed by atoms with Crippen LogP contribution in [0.5, 0.6) is 0 Å². The van der Waals surface area contributed by atoms with E-state index in [4.69, 9.17) is 11.6 Å². The monoisotopic (exact) mass is 273 g/mol.